The molecule has 246 valence electrons. The number of nitrogens with zero attached hydrogens (tertiary/aromatic N) is 3. The third-order valence-electron chi connectivity index (χ3n) is 7.39. The molecule has 1 saturated carbocycles. The molecule has 0 bridgehead atoms. The van der Waals surface area contributed by atoms with Crippen molar-refractivity contribution in [1.29, 1.82) is 5.26 Å². The molecule has 2 aromatic rings. The SMILES string of the molecule is N#CC(CC(F)(F)F)NC(=O)C1CC(F)(F)CCC1c1oc(C(F)(F)C(F)(F)F)nc1-c1ccc(C(=O)N2CCOCC2)cc1. The number of ether oxygens (including phenoxy) is 1. The van der Waals surface area contributed by atoms with Gasteiger partial charge < -0.3 is 19.4 Å². The maximum absolute atomic E-state index is 14.5. The van der Waals surface area contributed by atoms with Gasteiger partial charge in [0.05, 0.1) is 31.6 Å². The summed E-state index contributed by atoms with van der Waals surface area (Å²) >= 11 is 0. The van der Waals surface area contributed by atoms with Crippen LogP contribution in [0.1, 0.15) is 53.6 Å². The predicted molar refractivity (Wildman–Crippen MR) is 132 cm³/mol. The summed E-state index contributed by atoms with van der Waals surface area (Å²) in [5.41, 5.74) is -0.757. The van der Waals surface area contributed by atoms with Crippen molar-refractivity contribution < 1.29 is 62.6 Å². The number of amides is 2. The van der Waals surface area contributed by atoms with Crippen LogP contribution in [0.5, 0.6) is 0 Å². The van der Waals surface area contributed by atoms with Crippen LogP contribution < -0.4 is 5.32 Å². The van der Waals surface area contributed by atoms with Crippen molar-refractivity contribution >= 4 is 11.8 Å². The molecule has 2 fully saturated rings. The molecular formula is C27H24F10N4O4. The number of rotatable bonds is 7. The van der Waals surface area contributed by atoms with Gasteiger partial charge in [-0.25, -0.2) is 13.8 Å². The Morgan fingerprint density at radius 3 is 2.24 bits per heavy atom. The topological polar surface area (TPSA) is 108 Å². The van der Waals surface area contributed by atoms with Gasteiger partial charge in [0.1, 0.15) is 17.5 Å². The number of halogens is 10. The number of nitriles is 1. The highest BCUT2D eigenvalue weighted by Gasteiger charge is 2.63. The van der Waals surface area contributed by atoms with Crippen LogP contribution in [0.25, 0.3) is 11.3 Å². The molecule has 0 spiro atoms. The van der Waals surface area contributed by atoms with Crippen LogP contribution in [-0.2, 0) is 15.5 Å². The molecule has 1 N–H and O–H groups in total. The first kappa shape index (κ1) is 34.0. The predicted octanol–water partition coefficient (Wildman–Crippen LogP) is 5.95. The molecule has 1 aliphatic carbocycles. The number of carbonyl (C=O) groups excluding carboxylic acids is 2. The van der Waals surface area contributed by atoms with E-state index >= 15 is 0 Å². The van der Waals surface area contributed by atoms with Crippen LogP contribution >= 0.6 is 0 Å². The molecule has 0 radical (unpaired) electrons. The van der Waals surface area contributed by atoms with Gasteiger partial charge in [-0.2, -0.15) is 40.4 Å². The molecule has 2 aliphatic rings. The number of carbonyl (C=O) groups is 2. The van der Waals surface area contributed by atoms with Gasteiger partial charge in [-0.3, -0.25) is 9.59 Å². The maximum Gasteiger partial charge on any atom is 0.463 e. The van der Waals surface area contributed by atoms with Crippen LogP contribution in [0.15, 0.2) is 28.7 Å². The van der Waals surface area contributed by atoms with Gasteiger partial charge in [-0.15, -0.1) is 0 Å². The van der Waals surface area contributed by atoms with E-state index in [0.717, 1.165) is 12.1 Å². The second kappa shape index (κ2) is 12.5. The standard InChI is InChI=1S/C27H24F10N4O4/c28-24(29)6-5-17(18(12-24)21(42)39-16(13-38)11-25(30,31)32)20-19(40-23(45-20)26(33,34)27(35,36)37)14-1-3-15(4-2-14)22(43)41-7-9-44-10-8-41/h1-4,16-18H,5-12H2,(H,39,42). The average molecular weight is 658 g/mol. The van der Waals surface area contributed by atoms with E-state index in [2.05, 4.69) is 4.98 Å². The summed E-state index contributed by atoms with van der Waals surface area (Å²) in [5.74, 6) is -17.8. The van der Waals surface area contributed by atoms with E-state index in [1.165, 1.54) is 23.1 Å². The maximum atomic E-state index is 14.5. The van der Waals surface area contributed by atoms with E-state index in [9.17, 15) is 53.5 Å². The molecule has 18 heteroatoms. The summed E-state index contributed by atoms with van der Waals surface area (Å²) in [6.45, 7) is 1.11. The van der Waals surface area contributed by atoms with Gasteiger partial charge in [-0.05, 0) is 18.6 Å². The fourth-order valence-electron chi connectivity index (χ4n) is 5.13. The minimum atomic E-state index is -6.20. The van der Waals surface area contributed by atoms with Crippen LogP contribution in [0.2, 0.25) is 0 Å². The van der Waals surface area contributed by atoms with Crippen molar-refractivity contribution in [3.8, 4) is 17.3 Å². The lowest BCUT2D eigenvalue weighted by Crippen LogP contribution is -2.45. The molecule has 2 heterocycles. The Morgan fingerprint density at radius 1 is 1.07 bits per heavy atom. The first-order chi connectivity index (χ1) is 20.8. The highest BCUT2D eigenvalue weighted by atomic mass is 19.4. The lowest BCUT2D eigenvalue weighted by Gasteiger charge is -2.34. The van der Waals surface area contributed by atoms with Crippen molar-refractivity contribution in [3.63, 3.8) is 0 Å². The number of morpholine rings is 1. The second-order valence-electron chi connectivity index (χ2n) is 10.6. The Balaban J connectivity index is 1.75. The largest absolute Gasteiger partial charge is 0.463 e. The highest BCUT2D eigenvalue weighted by molar-refractivity contribution is 5.94. The first-order valence-corrected chi connectivity index (χ1v) is 13.4. The fraction of sp³-hybridized carbons (Fsp3) is 0.556. The Morgan fingerprint density at radius 2 is 1.69 bits per heavy atom. The van der Waals surface area contributed by atoms with Crippen LogP contribution in [0, 0.1) is 17.2 Å². The third-order valence-corrected chi connectivity index (χ3v) is 7.39. The van der Waals surface area contributed by atoms with E-state index in [-0.39, 0.29) is 37.4 Å². The smallest absolute Gasteiger partial charge is 0.439 e. The zero-order valence-corrected chi connectivity index (χ0v) is 23.0. The normalized spacial score (nSPS) is 21.6. The average Bonchev–Trinajstić information content (AvgIpc) is 3.41. The number of hydrogen-bond donors (Lipinski definition) is 1. The molecule has 1 saturated heterocycles. The zero-order valence-electron chi connectivity index (χ0n) is 23.0. The van der Waals surface area contributed by atoms with Crippen LogP contribution in [0.3, 0.4) is 0 Å². The lowest BCUT2D eigenvalue weighted by atomic mass is 9.74. The van der Waals surface area contributed by atoms with E-state index in [1.54, 1.807) is 5.32 Å². The number of aromatic nitrogens is 1. The molecule has 4 rings (SSSR count). The van der Waals surface area contributed by atoms with Crippen molar-refractivity contribution in [2.75, 3.05) is 26.3 Å². The van der Waals surface area contributed by atoms with Crippen molar-refractivity contribution in [3.05, 3.63) is 41.5 Å². The monoisotopic (exact) mass is 658 g/mol. The Hall–Kier alpha value is -3.88. The Labute approximate surface area is 248 Å². The van der Waals surface area contributed by atoms with E-state index < -0.39 is 96.9 Å². The van der Waals surface area contributed by atoms with Crippen molar-refractivity contribution in [2.45, 2.75) is 61.8 Å². The van der Waals surface area contributed by atoms with Gasteiger partial charge in [0.2, 0.25) is 11.8 Å². The summed E-state index contributed by atoms with van der Waals surface area (Å²) in [5, 5.41) is 10.8. The number of alkyl halides is 10. The van der Waals surface area contributed by atoms with E-state index in [4.69, 9.17) is 14.4 Å². The number of benzene rings is 1. The van der Waals surface area contributed by atoms with E-state index in [0.29, 0.717) is 0 Å². The van der Waals surface area contributed by atoms with Crippen LogP contribution in [-0.4, -0.2) is 72.3 Å². The minimum Gasteiger partial charge on any atom is -0.439 e. The van der Waals surface area contributed by atoms with Crippen molar-refractivity contribution in [1.82, 2.24) is 15.2 Å². The summed E-state index contributed by atoms with van der Waals surface area (Å²) < 4.78 is 146. The highest BCUT2D eigenvalue weighted by Crippen LogP contribution is 2.50. The Bertz CT molecular complexity index is 1430. The summed E-state index contributed by atoms with van der Waals surface area (Å²) in [4.78, 5) is 30.6. The van der Waals surface area contributed by atoms with Gasteiger partial charge in [0.15, 0.2) is 0 Å². The number of oxazole rings is 1. The molecule has 3 atom stereocenters. The Kier molecular flexibility index (Phi) is 9.44. The number of nitrogens with one attached hydrogen (secondary N) is 1. The van der Waals surface area contributed by atoms with Gasteiger partial charge in [0, 0.05) is 43.0 Å². The van der Waals surface area contributed by atoms with Gasteiger partial charge >= 0.3 is 18.3 Å². The molecule has 45 heavy (non-hydrogen) atoms. The molecule has 1 aromatic heterocycles. The van der Waals surface area contributed by atoms with Crippen LogP contribution in [0.4, 0.5) is 43.9 Å². The van der Waals surface area contributed by atoms with Gasteiger partial charge in [0.25, 0.3) is 11.8 Å². The van der Waals surface area contributed by atoms with E-state index in [1.807, 2.05) is 0 Å². The zero-order chi connectivity index (χ0) is 33.4. The quantitative estimate of drug-likeness (QED) is 0.369. The summed E-state index contributed by atoms with van der Waals surface area (Å²) in [6, 6.07) is 3.71. The van der Waals surface area contributed by atoms with Crippen molar-refractivity contribution in [2.24, 2.45) is 5.92 Å². The second-order valence-corrected chi connectivity index (χ2v) is 10.6. The summed E-state index contributed by atoms with van der Waals surface area (Å²) in [7, 11) is 0. The fourth-order valence-corrected chi connectivity index (χ4v) is 5.13. The molecule has 8 nitrogen and oxygen atoms in total. The number of hydrogen-bond acceptors (Lipinski definition) is 6. The molecule has 1 aromatic carbocycles. The summed E-state index contributed by atoms with van der Waals surface area (Å²) in [6.07, 6.45) is -16.0. The minimum absolute atomic E-state index is 0.105. The first-order valence-electron chi connectivity index (χ1n) is 13.4. The molecule has 1 aliphatic heterocycles. The third kappa shape index (κ3) is 7.68. The van der Waals surface area contributed by atoms with Gasteiger partial charge in [-0.1, -0.05) is 12.1 Å². The lowest BCUT2D eigenvalue weighted by molar-refractivity contribution is -0.297. The molecule has 2 amide bonds. The molecular weight excluding hydrogens is 634 g/mol. The molecule has 3 unspecified atom stereocenters.